The number of thiophene rings is 1. The van der Waals surface area contributed by atoms with Gasteiger partial charge in [-0.25, -0.2) is 14.5 Å². The summed E-state index contributed by atoms with van der Waals surface area (Å²) in [5.41, 5.74) is 0.343. The number of nitrogens with zero attached hydrogens (tertiary/aromatic N) is 3. The summed E-state index contributed by atoms with van der Waals surface area (Å²) < 4.78 is 12.2. The largest absolute Gasteiger partial charge is 0.497 e. The summed E-state index contributed by atoms with van der Waals surface area (Å²) in [7, 11) is 3.14. The van der Waals surface area contributed by atoms with Gasteiger partial charge in [0.05, 0.1) is 14.2 Å². The van der Waals surface area contributed by atoms with Crippen molar-refractivity contribution in [1.29, 1.82) is 0 Å². The van der Waals surface area contributed by atoms with Crippen LogP contribution in [-0.4, -0.2) is 52.9 Å². The highest BCUT2D eigenvalue weighted by atomic mass is 32.1. The number of benzene rings is 1. The number of H-pyrrole nitrogens is 1. The van der Waals surface area contributed by atoms with Gasteiger partial charge < -0.3 is 14.4 Å². The Balaban J connectivity index is 1.42. The van der Waals surface area contributed by atoms with Gasteiger partial charge in [-0.1, -0.05) is 0 Å². The molecule has 4 rings (SSSR count). The number of amides is 1. The van der Waals surface area contributed by atoms with Gasteiger partial charge in [0.2, 0.25) is 0 Å². The van der Waals surface area contributed by atoms with Crippen LogP contribution in [0.15, 0.2) is 40.5 Å². The topological polar surface area (TPSA) is 89.5 Å². The van der Waals surface area contributed by atoms with E-state index in [2.05, 4.69) is 10.2 Å². The first-order valence-corrected chi connectivity index (χ1v) is 10.7. The SMILES string of the molecule is COc1cc(OC)cc(C(=O)N2CCC(Cc3n[nH]c(=O)n3-c3cccs3)CC2)c1. The van der Waals surface area contributed by atoms with E-state index in [1.807, 2.05) is 22.4 Å². The van der Waals surface area contributed by atoms with Crippen molar-refractivity contribution in [1.82, 2.24) is 19.7 Å². The normalized spacial score (nSPS) is 14.7. The predicted molar refractivity (Wildman–Crippen MR) is 114 cm³/mol. The fraction of sp³-hybridized carbons (Fsp3) is 0.381. The van der Waals surface area contributed by atoms with Gasteiger partial charge in [0.15, 0.2) is 0 Å². The van der Waals surface area contributed by atoms with Gasteiger partial charge in [0, 0.05) is 31.1 Å². The van der Waals surface area contributed by atoms with Crippen molar-refractivity contribution in [2.75, 3.05) is 27.3 Å². The van der Waals surface area contributed by atoms with Crippen LogP contribution in [0.3, 0.4) is 0 Å². The predicted octanol–water partition coefficient (Wildman–Crippen LogP) is 2.73. The highest BCUT2D eigenvalue weighted by Crippen LogP contribution is 2.27. The van der Waals surface area contributed by atoms with Gasteiger partial charge in [-0.15, -0.1) is 11.3 Å². The van der Waals surface area contributed by atoms with E-state index in [1.165, 1.54) is 11.3 Å². The smallest absolute Gasteiger partial charge is 0.348 e. The van der Waals surface area contributed by atoms with Gasteiger partial charge in [-0.05, 0) is 48.4 Å². The molecule has 1 fully saturated rings. The van der Waals surface area contributed by atoms with Crippen molar-refractivity contribution in [2.24, 2.45) is 5.92 Å². The van der Waals surface area contributed by atoms with Crippen molar-refractivity contribution in [3.05, 3.63) is 57.6 Å². The van der Waals surface area contributed by atoms with E-state index in [0.717, 1.165) is 23.7 Å². The Morgan fingerprint density at radius 1 is 1.20 bits per heavy atom. The summed E-state index contributed by atoms with van der Waals surface area (Å²) >= 11 is 1.51. The molecule has 1 saturated heterocycles. The molecule has 0 radical (unpaired) electrons. The summed E-state index contributed by atoms with van der Waals surface area (Å²) in [5.74, 6) is 2.27. The molecule has 0 unspecified atom stereocenters. The monoisotopic (exact) mass is 428 g/mol. The molecule has 1 amide bonds. The molecule has 158 valence electrons. The van der Waals surface area contributed by atoms with Gasteiger partial charge in [-0.3, -0.25) is 4.79 Å². The van der Waals surface area contributed by atoms with Crippen LogP contribution in [0.25, 0.3) is 5.00 Å². The molecule has 9 heteroatoms. The summed E-state index contributed by atoms with van der Waals surface area (Å²) in [6.07, 6.45) is 2.42. The molecule has 0 bridgehead atoms. The number of likely N-dealkylation sites (tertiary alicyclic amines) is 1. The minimum atomic E-state index is -0.216. The average molecular weight is 429 g/mol. The molecule has 30 heavy (non-hydrogen) atoms. The Morgan fingerprint density at radius 3 is 2.50 bits per heavy atom. The standard InChI is InChI=1S/C21H24N4O4S/c1-28-16-11-15(12-17(13-16)29-2)20(26)24-7-5-14(6-8-24)10-18-22-23-21(27)25(18)19-4-3-9-30-19/h3-4,9,11-14H,5-8,10H2,1-2H3,(H,23,27). The highest BCUT2D eigenvalue weighted by molar-refractivity contribution is 7.12. The first kappa shape index (κ1) is 20.2. The second-order valence-corrected chi connectivity index (χ2v) is 8.20. The number of nitrogens with one attached hydrogen (secondary N) is 1. The third-order valence-corrected chi connectivity index (χ3v) is 6.29. The summed E-state index contributed by atoms with van der Waals surface area (Å²) in [4.78, 5) is 27.0. The quantitative estimate of drug-likeness (QED) is 0.652. The second kappa shape index (κ2) is 8.74. The van der Waals surface area contributed by atoms with E-state index < -0.39 is 0 Å². The van der Waals surface area contributed by atoms with Crippen molar-refractivity contribution >= 4 is 17.2 Å². The first-order valence-electron chi connectivity index (χ1n) is 9.81. The van der Waals surface area contributed by atoms with Crippen LogP contribution in [0, 0.1) is 5.92 Å². The lowest BCUT2D eigenvalue weighted by molar-refractivity contribution is 0.0689. The molecule has 2 aromatic heterocycles. The lowest BCUT2D eigenvalue weighted by Crippen LogP contribution is -2.39. The lowest BCUT2D eigenvalue weighted by Gasteiger charge is -2.32. The fourth-order valence-corrected chi connectivity index (χ4v) is 4.55. The number of aromatic nitrogens is 3. The maximum Gasteiger partial charge on any atom is 0.348 e. The zero-order valence-corrected chi connectivity index (χ0v) is 17.8. The molecule has 1 aliphatic heterocycles. The number of methoxy groups -OCH3 is 2. The van der Waals surface area contributed by atoms with Gasteiger partial charge >= 0.3 is 5.69 Å². The van der Waals surface area contributed by atoms with Gasteiger partial charge in [0.1, 0.15) is 22.3 Å². The molecule has 0 aliphatic carbocycles. The fourth-order valence-electron chi connectivity index (χ4n) is 3.80. The van der Waals surface area contributed by atoms with Crippen LogP contribution in [-0.2, 0) is 6.42 Å². The van der Waals surface area contributed by atoms with E-state index in [1.54, 1.807) is 37.0 Å². The second-order valence-electron chi connectivity index (χ2n) is 7.27. The average Bonchev–Trinajstić information content (AvgIpc) is 3.43. The van der Waals surface area contributed by atoms with E-state index in [9.17, 15) is 9.59 Å². The van der Waals surface area contributed by atoms with Crippen LogP contribution in [0.4, 0.5) is 0 Å². The van der Waals surface area contributed by atoms with E-state index in [-0.39, 0.29) is 11.6 Å². The first-order chi connectivity index (χ1) is 14.6. The Hall–Kier alpha value is -3.07. The van der Waals surface area contributed by atoms with E-state index in [0.29, 0.717) is 42.5 Å². The molecule has 3 heterocycles. The Morgan fingerprint density at radius 2 is 1.90 bits per heavy atom. The maximum atomic E-state index is 13.0. The molecule has 1 aliphatic rings. The minimum absolute atomic E-state index is 0.0269. The van der Waals surface area contributed by atoms with E-state index in [4.69, 9.17) is 9.47 Å². The molecular formula is C21H24N4O4S. The number of hydrogen-bond acceptors (Lipinski definition) is 6. The Kier molecular flexibility index (Phi) is 5.89. The zero-order chi connectivity index (χ0) is 21.1. The molecule has 3 aromatic rings. The third-order valence-electron chi connectivity index (χ3n) is 5.44. The summed E-state index contributed by atoms with van der Waals surface area (Å²) in [6, 6.07) is 9.05. The molecule has 0 saturated carbocycles. The number of carbonyl (C=O) groups is 1. The third kappa shape index (κ3) is 4.11. The Bertz CT molecular complexity index is 1040. The van der Waals surface area contributed by atoms with Crippen LogP contribution in [0.2, 0.25) is 0 Å². The van der Waals surface area contributed by atoms with Gasteiger partial charge in [0.25, 0.3) is 5.91 Å². The number of carbonyl (C=O) groups excluding carboxylic acids is 1. The molecule has 0 atom stereocenters. The number of aromatic amines is 1. The number of rotatable bonds is 6. The van der Waals surface area contributed by atoms with Crippen LogP contribution in [0.5, 0.6) is 11.5 Å². The van der Waals surface area contributed by atoms with E-state index >= 15 is 0 Å². The molecular weight excluding hydrogens is 404 g/mol. The van der Waals surface area contributed by atoms with Gasteiger partial charge in [-0.2, -0.15) is 5.10 Å². The number of piperidine rings is 1. The van der Waals surface area contributed by atoms with Crippen molar-refractivity contribution in [3.8, 4) is 16.5 Å². The molecule has 8 nitrogen and oxygen atoms in total. The number of ether oxygens (including phenoxy) is 2. The minimum Gasteiger partial charge on any atom is -0.497 e. The van der Waals surface area contributed by atoms with Crippen LogP contribution in [0.1, 0.15) is 29.0 Å². The molecule has 1 N–H and O–H groups in total. The zero-order valence-electron chi connectivity index (χ0n) is 17.0. The summed E-state index contributed by atoms with van der Waals surface area (Å²) in [5, 5.41) is 9.60. The summed E-state index contributed by atoms with van der Waals surface area (Å²) in [6.45, 7) is 1.33. The number of hydrogen-bond donors (Lipinski definition) is 1. The van der Waals surface area contributed by atoms with Crippen molar-refractivity contribution in [3.63, 3.8) is 0 Å². The van der Waals surface area contributed by atoms with Crippen molar-refractivity contribution in [2.45, 2.75) is 19.3 Å². The maximum absolute atomic E-state index is 13.0. The van der Waals surface area contributed by atoms with Crippen LogP contribution < -0.4 is 15.2 Å². The van der Waals surface area contributed by atoms with Crippen molar-refractivity contribution < 1.29 is 14.3 Å². The molecule has 0 spiro atoms. The lowest BCUT2D eigenvalue weighted by atomic mass is 9.93. The highest BCUT2D eigenvalue weighted by Gasteiger charge is 2.26. The Labute approximate surface area is 178 Å². The van der Waals surface area contributed by atoms with Crippen LogP contribution >= 0.6 is 11.3 Å². The molecule has 1 aromatic carbocycles.